The largest absolute Gasteiger partial charge is 0.481 e. The molecule has 754 valence electrons. The number of thiol groups is 1. The standard InChI is InChI=1S/C60H95N7O31.C22H29N3O10S/c1-2-31(60(97)98)18-37(72)35(10-13-47(82)63-23-41(76)53(90)56(93)44(79)26-69)66-59(96)33(8-16-51(87)88)20-39(74)36(11-14-48(83)64-24-42(77)54(91)57(94)45(80)27-70)67-58(95)32(7-15-50(85)86)19-38(73)34(65-49(84)17-29-3-5-30(6-4-29)21-61-28-71)9-12-46(81)62-22-40(75)52(89)55(92)43(78)25-68;26-12-23-10-14-3-1-13(2-4-14)7-19(28)24-16(5-6-35-34)18(27)8-15(9-20(29)30)21(31)25-17(11-36)22(32)33/h3-6,28,31-36,40-45,52-57,68-70,75-80,89-94H,2,7-27H2,1H3,(H,61,71)(H,62,81)(H,63,82)(H,64,83)(H,65,84)(H,66,96)(H,67,95)(H,85,86)(H,87,88)(H,97,98);1-4,12,15-17,34,36H,5-11H2,(H,23,26)(H,24,28)(H,25,31)(H,29,30)(H,32,33)/t31-,32-,33-,34-,35-,36-,40-,41-,42-,43+,44+,45+,52+,53+,54+,55+,56+,57+;15-,16+,17-/m01/s1. The number of carboxylic acids is 5. The van der Waals surface area contributed by atoms with Gasteiger partial charge in [0.25, 0.3) is 0 Å². The van der Waals surface area contributed by atoms with E-state index in [0.29, 0.717) is 36.1 Å². The average molecular weight is 1940 g/mol. The molecule has 0 saturated carbocycles. The second-order valence-electron chi connectivity index (χ2n) is 31.2. The Morgan fingerprint density at radius 3 is 0.918 bits per heavy atom. The minimum absolute atomic E-state index is 0.105. The number of carbonyl (C=O) groups is 19. The molecule has 0 spiro atoms. The molecule has 0 heterocycles. The first kappa shape index (κ1) is 121. The molecule has 21 atom stereocenters. The molecule has 31 N–H and O–H groups in total. The summed E-state index contributed by atoms with van der Waals surface area (Å²) in [4.78, 5) is 246. The molecule has 10 amide bonds. The Morgan fingerprint density at radius 2 is 0.634 bits per heavy atom. The fourth-order valence-electron chi connectivity index (χ4n) is 12.7. The summed E-state index contributed by atoms with van der Waals surface area (Å²) >= 11 is 3.83. The van der Waals surface area contributed by atoms with E-state index in [1.807, 2.05) is 0 Å². The molecule has 134 heavy (non-hydrogen) atoms. The van der Waals surface area contributed by atoms with Crippen LogP contribution in [-0.2, 0) is 122 Å². The maximum Gasteiger partial charge on any atom is 0.327 e. The number of nitrogens with one attached hydrogen (secondary N) is 10. The number of carboxylic acid groups (broad SMARTS) is 5. The lowest BCUT2D eigenvalue weighted by Crippen LogP contribution is -2.50. The number of amides is 10. The van der Waals surface area contributed by atoms with E-state index in [9.17, 15) is 168 Å². The highest BCUT2D eigenvalue weighted by atomic mass is 32.1. The molecule has 51 nitrogen and oxygen atoms in total. The van der Waals surface area contributed by atoms with Gasteiger partial charge in [0.05, 0.1) is 100 Å². The Kier molecular flexibility index (Phi) is 59.1. The number of aliphatic hydroxyl groups is 15. The van der Waals surface area contributed by atoms with Crippen molar-refractivity contribution in [3.63, 3.8) is 0 Å². The second-order valence-corrected chi connectivity index (χ2v) is 31.5. The third kappa shape index (κ3) is 47.7. The van der Waals surface area contributed by atoms with Crippen LogP contribution in [0.25, 0.3) is 0 Å². The zero-order valence-corrected chi connectivity index (χ0v) is 73.8. The van der Waals surface area contributed by atoms with Crippen molar-refractivity contribution in [2.45, 2.75) is 245 Å². The van der Waals surface area contributed by atoms with Gasteiger partial charge in [-0.1, -0.05) is 55.5 Å². The van der Waals surface area contributed by atoms with Gasteiger partial charge in [0.2, 0.25) is 60.1 Å². The smallest absolute Gasteiger partial charge is 0.327 e. The number of ketones is 4. The monoisotopic (exact) mass is 1940 g/mol. The SMILES string of the molecule is CC[C@@H](CC(=O)[C@H](CCC(=O)NC[C@H](O)[C@@H](O)[C@H](O)[C@H](O)CO)NC(=O)[C@@H](CCC(=O)O)CC(=O)[C@H](CCC(=O)NC[C@H](O)[C@@H](O)[C@H](O)[C@H](O)CO)NC(=O)[C@@H](CCC(=O)O)CC(=O)[C@H](CCC(=O)NC[C@H](O)[C@@H](O)[C@H](O)[C@H](O)CO)NC(=O)Cc1ccc(CNC=O)cc1)C(=O)O.O=CNCc1ccc(CC(=O)N[C@@H](CCOO)C(=O)C[C@H](CC(=O)O)C(=O)N[C@H](CS)C(=O)O)cc1. The number of hydrogen-bond acceptors (Lipinski definition) is 37. The molecule has 0 fully saturated rings. The normalized spacial score (nSPS) is 15.9. The lowest BCUT2D eigenvalue weighted by molar-refractivity contribution is -0.243. The van der Waals surface area contributed by atoms with Crippen LogP contribution in [0.3, 0.4) is 0 Å². The lowest BCUT2D eigenvalue weighted by Gasteiger charge is -2.27. The first-order chi connectivity index (χ1) is 63.1. The van der Waals surface area contributed by atoms with Crippen LogP contribution in [-0.4, -0.2) is 376 Å². The van der Waals surface area contributed by atoms with Crippen LogP contribution >= 0.6 is 12.6 Å². The van der Waals surface area contributed by atoms with Gasteiger partial charge in [0.15, 0.2) is 23.1 Å². The zero-order valence-electron chi connectivity index (χ0n) is 72.9. The number of rotatable bonds is 72. The predicted molar refractivity (Wildman–Crippen MR) is 457 cm³/mol. The molecule has 0 aliphatic heterocycles. The van der Waals surface area contributed by atoms with Gasteiger partial charge in [0.1, 0.15) is 61.0 Å². The summed E-state index contributed by atoms with van der Waals surface area (Å²) in [5, 5.41) is 227. The molecule has 52 heteroatoms. The number of Topliss-reactive ketones (excluding diaryl/α,β-unsaturated/α-hetero) is 4. The highest BCUT2D eigenvalue weighted by Crippen LogP contribution is 2.23. The molecule has 2 rings (SSSR count). The van der Waals surface area contributed by atoms with Gasteiger partial charge in [0, 0.05) is 115 Å². The lowest BCUT2D eigenvalue weighted by atomic mass is 9.89. The van der Waals surface area contributed by atoms with Gasteiger partial charge in [-0.3, -0.25) is 91.6 Å². The van der Waals surface area contributed by atoms with Crippen molar-refractivity contribution in [2.75, 3.05) is 51.8 Å². The van der Waals surface area contributed by atoms with E-state index in [2.05, 4.69) is 70.7 Å². The maximum absolute atomic E-state index is 14.6. The number of carbonyl (C=O) groups excluding carboxylic acids is 14. The molecule has 0 saturated heterocycles. The second kappa shape index (κ2) is 65.5. The molecule has 0 aliphatic carbocycles. The summed E-state index contributed by atoms with van der Waals surface area (Å²) in [6, 6.07) is 4.84. The van der Waals surface area contributed by atoms with Crippen molar-refractivity contribution in [1.82, 2.24) is 53.2 Å². The molecule has 0 unspecified atom stereocenters. The predicted octanol–water partition coefficient (Wildman–Crippen LogP) is -10.7. The Labute approximate surface area is 770 Å². The molecular weight excluding hydrogens is 1810 g/mol. The van der Waals surface area contributed by atoms with Gasteiger partial charge < -0.3 is 155 Å². The van der Waals surface area contributed by atoms with Gasteiger partial charge in [-0.25, -0.2) is 9.68 Å². The van der Waals surface area contributed by atoms with E-state index in [4.69, 9.17) is 30.8 Å². The van der Waals surface area contributed by atoms with Crippen molar-refractivity contribution in [3.05, 3.63) is 70.8 Å². The van der Waals surface area contributed by atoms with Crippen LogP contribution in [0.1, 0.15) is 138 Å². The molecule has 0 bridgehead atoms. The summed E-state index contributed by atoms with van der Waals surface area (Å²) in [6.07, 6.45) is -35.8. The summed E-state index contributed by atoms with van der Waals surface area (Å²) in [6.45, 7) is -4.02. The molecule has 0 aliphatic rings. The van der Waals surface area contributed by atoms with Crippen molar-refractivity contribution in [3.8, 4) is 0 Å². The van der Waals surface area contributed by atoms with Crippen molar-refractivity contribution in [1.29, 1.82) is 0 Å². The molecule has 2 aromatic rings. The van der Waals surface area contributed by atoms with Gasteiger partial charge in [-0.05, 0) is 60.8 Å². The third-order valence-corrected chi connectivity index (χ3v) is 21.1. The molecule has 0 aromatic heterocycles. The summed E-state index contributed by atoms with van der Waals surface area (Å²) in [5.41, 5.74) is 2.41. The minimum Gasteiger partial charge on any atom is -0.481 e. The van der Waals surface area contributed by atoms with Crippen LogP contribution in [0.2, 0.25) is 0 Å². The Hall–Kier alpha value is -11.2. The first-order valence-corrected chi connectivity index (χ1v) is 42.7. The molecule has 2 aromatic carbocycles. The van der Waals surface area contributed by atoms with Crippen LogP contribution < -0.4 is 53.2 Å². The summed E-state index contributed by atoms with van der Waals surface area (Å²) in [7, 11) is 0. The van der Waals surface area contributed by atoms with Crippen LogP contribution in [0.5, 0.6) is 0 Å². The highest BCUT2D eigenvalue weighted by Gasteiger charge is 2.39. The van der Waals surface area contributed by atoms with Crippen LogP contribution in [0, 0.1) is 23.7 Å². The van der Waals surface area contributed by atoms with Crippen LogP contribution in [0.15, 0.2) is 48.5 Å². The number of benzene rings is 2. The molecule has 0 radical (unpaired) electrons. The fourth-order valence-corrected chi connectivity index (χ4v) is 12.9. The van der Waals surface area contributed by atoms with Crippen LogP contribution in [0.4, 0.5) is 0 Å². The third-order valence-electron chi connectivity index (χ3n) is 20.8. The molecular formula is C82H124N10O41S. The van der Waals surface area contributed by atoms with Gasteiger partial charge in [-0.15, -0.1) is 0 Å². The van der Waals surface area contributed by atoms with E-state index in [1.165, 1.54) is 19.1 Å². The van der Waals surface area contributed by atoms with E-state index < -0.39 is 370 Å². The van der Waals surface area contributed by atoms with E-state index >= 15 is 0 Å². The average Bonchev–Trinajstić information content (AvgIpc) is 0.836. The number of hydrogen-bond donors (Lipinski definition) is 32. The Morgan fingerprint density at radius 1 is 0.343 bits per heavy atom. The van der Waals surface area contributed by atoms with E-state index in [-0.39, 0.29) is 38.2 Å². The van der Waals surface area contributed by atoms with Crippen molar-refractivity contribution < 1.29 is 203 Å². The van der Waals surface area contributed by atoms with Crippen molar-refractivity contribution >= 4 is 126 Å². The van der Waals surface area contributed by atoms with E-state index in [1.54, 1.807) is 36.4 Å². The van der Waals surface area contributed by atoms with Gasteiger partial charge in [-0.2, -0.15) is 12.6 Å². The maximum atomic E-state index is 14.6. The number of aliphatic hydroxyl groups excluding tert-OH is 15. The first-order valence-electron chi connectivity index (χ1n) is 42.0. The summed E-state index contributed by atoms with van der Waals surface area (Å²) < 4.78 is 0. The quantitative estimate of drug-likeness (QED) is 0.0127. The van der Waals surface area contributed by atoms with E-state index in [0.717, 1.165) is 5.56 Å². The Bertz CT molecular complexity index is 4100. The Balaban J connectivity index is 0.00000207. The zero-order chi connectivity index (χ0) is 102. The minimum atomic E-state index is -2.17. The number of aliphatic carboxylic acids is 5. The fraction of sp³-hybridized carbons (Fsp3) is 0.622. The summed E-state index contributed by atoms with van der Waals surface area (Å²) in [5.74, 6) is -25.8. The van der Waals surface area contributed by atoms with Gasteiger partial charge >= 0.3 is 29.8 Å². The van der Waals surface area contributed by atoms with Crippen molar-refractivity contribution in [2.24, 2.45) is 23.7 Å². The highest BCUT2D eigenvalue weighted by molar-refractivity contribution is 7.80. The topological polar surface area (TPSA) is 879 Å².